The van der Waals surface area contributed by atoms with E-state index in [-0.39, 0.29) is 5.02 Å². The second-order valence-corrected chi connectivity index (χ2v) is 4.72. The van der Waals surface area contributed by atoms with Gasteiger partial charge in [0.15, 0.2) is 0 Å². The smallest absolute Gasteiger partial charge is 0.145 e. The quantitative estimate of drug-likeness (QED) is 0.915. The van der Waals surface area contributed by atoms with Crippen LogP contribution in [-0.4, -0.2) is 6.54 Å². The summed E-state index contributed by atoms with van der Waals surface area (Å²) in [5.74, 6) is 0.635. The SMILES string of the molecule is Cc1cc(CCN)ccc1Oc1ccc(Cl)c(F)c1. The molecule has 2 nitrogen and oxygen atoms in total. The van der Waals surface area contributed by atoms with Gasteiger partial charge in [-0.25, -0.2) is 4.39 Å². The van der Waals surface area contributed by atoms with E-state index in [0.29, 0.717) is 18.0 Å². The van der Waals surface area contributed by atoms with Crippen LogP contribution in [0.3, 0.4) is 0 Å². The monoisotopic (exact) mass is 279 g/mol. The van der Waals surface area contributed by atoms with Gasteiger partial charge in [0, 0.05) is 6.07 Å². The van der Waals surface area contributed by atoms with Crippen molar-refractivity contribution in [3.8, 4) is 11.5 Å². The molecule has 0 radical (unpaired) electrons. The molecule has 2 aromatic rings. The fourth-order valence-corrected chi connectivity index (χ4v) is 1.93. The molecule has 4 heteroatoms. The van der Waals surface area contributed by atoms with Crippen molar-refractivity contribution >= 4 is 11.6 Å². The third kappa shape index (κ3) is 3.46. The van der Waals surface area contributed by atoms with Crippen LogP contribution in [0.1, 0.15) is 11.1 Å². The number of hydrogen-bond donors (Lipinski definition) is 1. The molecule has 0 aliphatic rings. The lowest BCUT2D eigenvalue weighted by Gasteiger charge is -2.10. The number of aryl methyl sites for hydroxylation is 1. The Hall–Kier alpha value is -1.58. The Labute approximate surface area is 117 Å². The summed E-state index contributed by atoms with van der Waals surface area (Å²) in [6, 6.07) is 10.2. The van der Waals surface area contributed by atoms with E-state index < -0.39 is 5.82 Å². The summed E-state index contributed by atoms with van der Waals surface area (Å²) < 4.78 is 19.0. The highest BCUT2D eigenvalue weighted by Crippen LogP contribution is 2.28. The molecule has 0 saturated heterocycles. The van der Waals surface area contributed by atoms with E-state index in [1.165, 1.54) is 12.1 Å². The maximum absolute atomic E-state index is 13.3. The summed E-state index contributed by atoms with van der Waals surface area (Å²) in [5, 5.41) is 0.0855. The number of benzene rings is 2. The number of hydrogen-bond acceptors (Lipinski definition) is 2. The molecule has 0 aromatic heterocycles. The van der Waals surface area contributed by atoms with Crippen LogP contribution in [0.5, 0.6) is 11.5 Å². The van der Waals surface area contributed by atoms with Crippen molar-refractivity contribution in [2.75, 3.05) is 6.54 Å². The Morgan fingerprint density at radius 3 is 2.63 bits per heavy atom. The number of ether oxygens (including phenoxy) is 1. The zero-order chi connectivity index (χ0) is 13.8. The predicted molar refractivity (Wildman–Crippen MR) is 75.4 cm³/mol. The molecule has 0 aliphatic carbocycles. The molecule has 0 unspecified atom stereocenters. The first-order valence-corrected chi connectivity index (χ1v) is 6.40. The van der Waals surface area contributed by atoms with Gasteiger partial charge in [-0.1, -0.05) is 23.7 Å². The Kier molecular flexibility index (Phi) is 4.40. The van der Waals surface area contributed by atoms with Gasteiger partial charge in [0.25, 0.3) is 0 Å². The van der Waals surface area contributed by atoms with E-state index >= 15 is 0 Å². The maximum Gasteiger partial charge on any atom is 0.145 e. The molecule has 0 bridgehead atoms. The number of halogens is 2. The minimum Gasteiger partial charge on any atom is -0.457 e. The van der Waals surface area contributed by atoms with E-state index in [1.54, 1.807) is 6.07 Å². The van der Waals surface area contributed by atoms with Gasteiger partial charge in [-0.15, -0.1) is 0 Å². The first-order chi connectivity index (χ1) is 9.10. The van der Waals surface area contributed by atoms with Crippen molar-refractivity contribution in [3.63, 3.8) is 0 Å². The summed E-state index contributed by atoms with van der Waals surface area (Å²) >= 11 is 5.63. The lowest BCUT2D eigenvalue weighted by molar-refractivity contribution is 0.473. The highest BCUT2D eigenvalue weighted by molar-refractivity contribution is 6.30. The van der Waals surface area contributed by atoms with Crippen LogP contribution in [0.4, 0.5) is 4.39 Å². The first kappa shape index (κ1) is 13.8. The van der Waals surface area contributed by atoms with Gasteiger partial charge in [-0.05, 0) is 49.2 Å². The number of nitrogens with two attached hydrogens (primary N) is 1. The van der Waals surface area contributed by atoms with Gasteiger partial charge >= 0.3 is 0 Å². The maximum atomic E-state index is 13.3. The molecule has 0 aliphatic heterocycles. The minimum absolute atomic E-state index is 0.0855. The molecule has 2 aromatic carbocycles. The second-order valence-electron chi connectivity index (χ2n) is 4.32. The summed E-state index contributed by atoms with van der Waals surface area (Å²) in [5.41, 5.74) is 7.67. The van der Waals surface area contributed by atoms with Gasteiger partial charge in [0.05, 0.1) is 5.02 Å². The topological polar surface area (TPSA) is 35.2 Å². The standard InChI is InChI=1S/C15H15ClFNO/c1-10-8-11(6-7-18)2-5-15(10)19-12-3-4-13(16)14(17)9-12/h2-5,8-9H,6-7,18H2,1H3. The third-order valence-electron chi connectivity index (χ3n) is 2.79. The Morgan fingerprint density at radius 2 is 2.00 bits per heavy atom. The summed E-state index contributed by atoms with van der Waals surface area (Å²) in [4.78, 5) is 0. The van der Waals surface area contributed by atoms with Crippen molar-refractivity contribution in [1.82, 2.24) is 0 Å². The summed E-state index contributed by atoms with van der Waals surface area (Å²) in [7, 11) is 0. The Bertz CT molecular complexity index is 586. The van der Waals surface area contributed by atoms with Gasteiger partial charge in [-0.2, -0.15) is 0 Å². The first-order valence-electron chi connectivity index (χ1n) is 6.02. The average molecular weight is 280 g/mol. The normalized spacial score (nSPS) is 10.5. The largest absolute Gasteiger partial charge is 0.457 e. The fraction of sp³-hybridized carbons (Fsp3) is 0.200. The van der Waals surface area contributed by atoms with Crippen LogP contribution in [0.25, 0.3) is 0 Å². The molecule has 0 atom stereocenters. The van der Waals surface area contributed by atoms with Crippen molar-refractivity contribution < 1.29 is 9.13 Å². The van der Waals surface area contributed by atoms with Gasteiger partial charge in [-0.3, -0.25) is 0 Å². The van der Waals surface area contributed by atoms with Crippen LogP contribution in [0.2, 0.25) is 5.02 Å². The molecule has 0 spiro atoms. The molecule has 0 saturated carbocycles. The lowest BCUT2D eigenvalue weighted by Crippen LogP contribution is -2.02. The summed E-state index contributed by atoms with van der Waals surface area (Å²) in [6.07, 6.45) is 0.830. The minimum atomic E-state index is -0.489. The highest BCUT2D eigenvalue weighted by Gasteiger charge is 2.05. The average Bonchev–Trinajstić information content (AvgIpc) is 2.37. The van der Waals surface area contributed by atoms with Gasteiger partial charge < -0.3 is 10.5 Å². The predicted octanol–water partition coefficient (Wildman–Crippen LogP) is 4.08. The fourth-order valence-electron chi connectivity index (χ4n) is 1.82. The van der Waals surface area contributed by atoms with Crippen molar-refractivity contribution in [3.05, 3.63) is 58.4 Å². The lowest BCUT2D eigenvalue weighted by atomic mass is 10.1. The Balaban J connectivity index is 2.20. The van der Waals surface area contributed by atoms with Crippen molar-refractivity contribution in [2.24, 2.45) is 5.73 Å². The molecule has 2 N–H and O–H groups in total. The van der Waals surface area contributed by atoms with E-state index in [1.807, 2.05) is 25.1 Å². The van der Waals surface area contributed by atoms with E-state index in [0.717, 1.165) is 17.5 Å². The van der Waals surface area contributed by atoms with Crippen molar-refractivity contribution in [2.45, 2.75) is 13.3 Å². The summed E-state index contributed by atoms with van der Waals surface area (Å²) in [6.45, 7) is 2.56. The third-order valence-corrected chi connectivity index (χ3v) is 3.10. The van der Waals surface area contributed by atoms with Crippen molar-refractivity contribution in [1.29, 1.82) is 0 Å². The zero-order valence-corrected chi connectivity index (χ0v) is 11.4. The van der Waals surface area contributed by atoms with Crippen LogP contribution >= 0.6 is 11.6 Å². The van der Waals surface area contributed by atoms with Crippen LogP contribution in [-0.2, 0) is 6.42 Å². The van der Waals surface area contributed by atoms with Gasteiger partial charge in [0.1, 0.15) is 17.3 Å². The zero-order valence-electron chi connectivity index (χ0n) is 10.6. The van der Waals surface area contributed by atoms with Crippen LogP contribution in [0.15, 0.2) is 36.4 Å². The molecule has 0 heterocycles. The molecule has 0 fully saturated rings. The van der Waals surface area contributed by atoms with Gasteiger partial charge in [0.2, 0.25) is 0 Å². The molecule has 100 valence electrons. The van der Waals surface area contributed by atoms with E-state index in [2.05, 4.69) is 0 Å². The molecular formula is C15H15ClFNO. The molecular weight excluding hydrogens is 265 g/mol. The molecule has 19 heavy (non-hydrogen) atoms. The molecule has 0 amide bonds. The van der Waals surface area contributed by atoms with Crippen LogP contribution in [0, 0.1) is 12.7 Å². The van der Waals surface area contributed by atoms with E-state index in [9.17, 15) is 4.39 Å². The molecule has 2 rings (SSSR count). The second kappa shape index (κ2) is 6.04. The Morgan fingerprint density at radius 1 is 1.21 bits per heavy atom. The van der Waals surface area contributed by atoms with E-state index in [4.69, 9.17) is 22.1 Å². The number of rotatable bonds is 4. The highest BCUT2D eigenvalue weighted by atomic mass is 35.5. The van der Waals surface area contributed by atoms with Crippen LogP contribution < -0.4 is 10.5 Å².